The fourth-order valence-electron chi connectivity index (χ4n) is 3.13. The molecule has 1 aromatic carbocycles. The van der Waals surface area contributed by atoms with Gasteiger partial charge in [0.05, 0.1) is 6.61 Å². The number of nitrogens with one attached hydrogen (secondary N) is 2. The van der Waals surface area contributed by atoms with Crippen molar-refractivity contribution in [2.45, 2.75) is 50.9 Å². The van der Waals surface area contributed by atoms with Crippen LogP contribution >= 0.6 is 0 Å². The van der Waals surface area contributed by atoms with Crippen molar-refractivity contribution in [2.75, 3.05) is 32.8 Å². The van der Waals surface area contributed by atoms with E-state index in [1.165, 1.54) is 0 Å². The fraction of sp³-hybridized carbons (Fsp3) is 0.684. The van der Waals surface area contributed by atoms with E-state index in [2.05, 4.69) is 17.6 Å². The van der Waals surface area contributed by atoms with Crippen molar-refractivity contribution in [3.8, 4) is 17.2 Å². The van der Waals surface area contributed by atoms with Crippen LogP contribution in [0.2, 0.25) is 0 Å². The SMILES string of the molecule is CCCCOc1ccc2c(c1)OC(C(O)CNC1CCNCC1)CO2. The lowest BCUT2D eigenvalue weighted by atomic mass is 10.1. The molecular formula is C19H30N2O4. The molecular weight excluding hydrogens is 320 g/mol. The number of aliphatic hydroxyl groups excluding tert-OH is 1. The van der Waals surface area contributed by atoms with E-state index in [4.69, 9.17) is 14.2 Å². The zero-order valence-corrected chi connectivity index (χ0v) is 15.0. The van der Waals surface area contributed by atoms with Crippen molar-refractivity contribution in [2.24, 2.45) is 0 Å². The van der Waals surface area contributed by atoms with Gasteiger partial charge in [-0.25, -0.2) is 0 Å². The number of benzene rings is 1. The van der Waals surface area contributed by atoms with Gasteiger partial charge in [-0.1, -0.05) is 13.3 Å². The van der Waals surface area contributed by atoms with Crippen molar-refractivity contribution < 1.29 is 19.3 Å². The lowest BCUT2D eigenvalue weighted by molar-refractivity contribution is -0.0107. The van der Waals surface area contributed by atoms with E-state index in [0.29, 0.717) is 37.3 Å². The average molecular weight is 350 g/mol. The predicted octanol–water partition coefficient (Wildman–Crippen LogP) is 1.71. The van der Waals surface area contributed by atoms with Gasteiger partial charge in [-0.3, -0.25) is 0 Å². The summed E-state index contributed by atoms with van der Waals surface area (Å²) >= 11 is 0. The zero-order valence-electron chi connectivity index (χ0n) is 15.0. The normalized spacial score (nSPS) is 21.8. The molecule has 3 rings (SSSR count). The van der Waals surface area contributed by atoms with E-state index < -0.39 is 6.10 Å². The number of hydrogen-bond donors (Lipinski definition) is 3. The van der Waals surface area contributed by atoms with E-state index in [9.17, 15) is 5.11 Å². The van der Waals surface area contributed by atoms with Crippen LogP contribution in [0.1, 0.15) is 32.6 Å². The van der Waals surface area contributed by atoms with Gasteiger partial charge in [0, 0.05) is 18.7 Å². The van der Waals surface area contributed by atoms with Crippen molar-refractivity contribution in [3.05, 3.63) is 18.2 Å². The number of aliphatic hydroxyl groups is 1. The zero-order chi connectivity index (χ0) is 17.5. The maximum Gasteiger partial charge on any atom is 0.165 e. The molecule has 0 saturated carbocycles. The van der Waals surface area contributed by atoms with Crippen molar-refractivity contribution in [1.82, 2.24) is 10.6 Å². The molecule has 0 radical (unpaired) electrons. The lowest BCUT2D eigenvalue weighted by Gasteiger charge is -2.31. The van der Waals surface area contributed by atoms with Crippen molar-refractivity contribution in [1.29, 1.82) is 0 Å². The minimum absolute atomic E-state index is 0.359. The standard InChI is InChI=1S/C19H30N2O4/c1-2-3-10-23-15-4-5-17-18(11-15)25-19(13-24-17)16(22)12-21-14-6-8-20-9-7-14/h4-5,11,14,16,19-22H,2-3,6-10,12-13H2,1H3. The first-order chi connectivity index (χ1) is 12.3. The Morgan fingerprint density at radius 1 is 1.32 bits per heavy atom. The Morgan fingerprint density at radius 2 is 2.16 bits per heavy atom. The summed E-state index contributed by atoms with van der Waals surface area (Å²) in [4.78, 5) is 0. The molecule has 3 N–H and O–H groups in total. The summed E-state index contributed by atoms with van der Waals surface area (Å²) < 4.78 is 17.4. The van der Waals surface area contributed by atoms with Crippen LogP contribution in [0.25, 0.3) is 0 Å². The first-order valence-electron chi connectivity index (χ1n) is 9.44. The smallest absolute Gasteiger partial charge is 0.165 e. The molecule has 0 amide bonds. The van der Waals surface area contributed by atoms with Crippen LogP contribution in [-0.4, -0.2) is 56.2 Å². The van der Waals surface area contributed by atoms with Gasteiger partial charge in [-0.05, 0) is 44.5 Å². The van der Waals surface area contributed by atoms with Gasteiger partial charge in [0.25, 0.3) is 0 Å². The molecule has 6 heteroatoms. The highest BCUT2D eigenvalue weighted by atomic mass is 16.6. The van der Waals surface area contributed by atoms with Crippen LogP contribution < -0.4 is 24.8 Å². The third-order valence-electron chi connectivity index (χ3n) is 4.75. The van der Waals surface area contributed by atoms with Crippen LogP contribution in [0.15, 0.2) is 18.2 Å². The number of rotatable bonds is 8. The second-order valence-electron chi connectivity index (χ2n) is 6.78. The fourth-order valence-corrected chi connectivity index (χ4v) is 3.13. The predicted molar refractivity (Wildman–Crippen MR) is 96.7 cm³/mol. The molecule has 2 unspecified atom stereocenters. The Bertz CT molecular complexity index is 534. The first kappa shape index (κ1) is 18.3. The minimum Gasteiger partial charge on any atom is -0.493 e. The molecule has 0 aliphatic carbocycles. The summed E-state index contributed by atoms with van der Waals surface area (Å²) in [6, 6.07) is 6.08. The highest BCUT2D eigenvalue weighted by molar-refractivity contribution is 5.46. The number of hydrogen-bond acceptors (Lipinski definition) is 6. The van der Waals surface area contributed by atoms with Crippen LogP contribution in [0.4, 0.5) is 0 Å². The highest BCUT2D eigenvalue weighted by Crippen LogP contribution is 2.35. The van der Waals surface area contributed by atoms with E-state index in [1.807, 2.05) is 18.2 Å². The summed E-state index contributed by atoms with van der Waals surface area (Å²) in [6.45, 7) is 5.77. The van der Waals surface area contributed by atoms with Gasteiger partial charge in [0.2, 0.25) is 0 Å². The van der Waals surface area contributed by atoms with Crippen LogP contribution in [0, 0.1) is 0 Å². The monoisotopic (exact) mass is 350 g/mol. The number of ether oxygens (including phenoxy) is 3. The Balaban J connectivity index is 1.51. The first-order valence-corrected chi connectivity index (χ1v) is 9.44. The topological polar surface area (TPSA) is 72.0 Å². The second kappa shape index (κ2) is 9.27. The quantitative estimate of drug-likeness (QED) is 0.620. The third-order valence-corrected chi connectivity index (χ3v) is 4.75. The summed E-state index contributed by atoms with van der Waals surface area (Å²) in [7, 11) is 0. The molecule has 2 heterocycles. The number of unbranched alkanes of at least 4 members (excludes halogenated alkanes) is 1. The van der Waals surface area contributed by atoms with Gasteiger partial charge < -0.3 is 30.0 Å². The molecule has 0 bridgehead atoms. The molecule has 1 aromatic rings. The third kappa shape index (κ3) is 5.23. The minimum atomic E-state index is -0.604. The van der Waals surface area contributed by atoms with Gasteiger partial charge in [0.15, 0.2) is 17.6 Å². The van der Waals surface area contributed by atoms with Crippen molar-refractivity contribution in [3.63, 3.8) is 0 Å². The maximum absolute atomic E-state index is 10.5. The van der Waals surface area contributed by atoms with Crippen LogP contribution in [0.5, 0.6) is 17.2 Å². The highest BCUT2D eigenvalue weighted by Gasteiger charge is 2.28. The molecule has 1 saturated heterocycles. The maximum atomic E-state index is 10.5. The largest absolute Gasteiger partial charge is 0.493 e. The molecule has 25 heavy (non-hydrogen) atoms. The van der Waals surface area contributed by atoms with E-state index >= 15 is 0 Å². The molecule has 2 atom stereocenters. The summed E-state index contributed by atoms with van der Waals surface area (Å²) in [5.74, 6) is 2.13. The van der Waals surface area contributed by atoms with E-state index in [-0.39, 0.29) is 6.10 Å². The average Bonchev–Trinajstić information content (AvgIpc) is 2.66. The Labute approximate surface area is 149 Å². The summed E-state index contributed by atoms with van der Waals surface area (Å²) in [5.41, 5.74) is 0. The molecule has 140 valence electrons. The van der Waals surface area contributed by atoms with Gasteiger partial charge >= 0.3 is 0 Å². The Hall–Kier alpha value is -1.50. The van der Waals surface area contributed by atoms with E-state index in [1.54, 1.807) is 0 Å². The van der Waals surface area contributed by atoms with E-state index in [0.717, 1.165) is 44.5 Å². The van der Waals surface area contributed by atoms with Crippen LogP contribution in [0.3, 0.4) is 0 Å². The molecule has 2 aliphatic rings. The molecule has 0 spiro atoms. The van der Waals surface area contributed by atoms with Gasteiger partial charge in [-0.2, -0.15) is 0 Å². The lowest BCUT2D eigenvalue weighted by Crippen LogP contribution is -2.48. The van der Waals surface area contributed by atoms with Crippen LogP contribution in [-0.2, 0) is 0 Å². The Kier molecular flexibility index (Phi) is 6.78. The second-order valence-corrected chi connectivity index (χ2v) is 6.78. The summed E-state index contributed by atoms with van der Waals surface area (Å²) in [5, 5.41) is 17.2. The summed E-state index contributed by atoms with van der Waals surface area (Å²) in [6.07, 6.45) is 3.34. The van der Waals surface area contributed by atoms with Gasteiger partial charge in [-0.15, -0.1) is 0 Å². The van der Waals surface area contributed by atoms with Gasteiger partial charge in [0.1, 0.15) is 18.5 Å². The van der Waals surface area contributed by atoms with Crippen molar-refractivity contribution >= 4 is 0 Å². The molecule has 6 nitrogen and oxygen atoms in total. The molecule has 0 aromatic heterocycles. The molecule has 2 aliphatic heterocycles. The molecule has 1 fully saturated rings. The Morgan fingerprint density at radius 3 is 2.96 bits per heavy atom. The number of piperidine rings is 1. The number of fused-ring (bicyclic) bond motifs is 1.